The third-order valence-corrected chi connectivity index (χ3v) is 3.68. The van der Waals surface area contributed by atoms with E-state index in [1.54, 1.807) is 0 Å². The summed E-state index contributed by atoms with van der Waals surface area (Å²) < 4.78 is 11.9. The van der Waals surface area contributed by atoms with E-state index in [1.807, 2.05) is 0 Å². The number of rotatable bonds is 16. The normalized spacial score (nSPS) is 11.1. The van der Waals surface area contributed by atoms with E-state index >= 15 is 0 Å². The molecular formula is C16H33IO2. The molecule has 0 rings (SSSR count). The molecule has 0 aliphatic carbocycles. The van der Waals surface area contributed by atoms with Crippen molar-refractivity contribution in [2.24, 2.45) is 0 Å². The Hall–Kier alpha value is 0.650. The second kappa shape index (κ2) is 18.7. The summed E-state index contributed by atoms with van der Waals surface area (Å²) in [7, 11) is 0. The first-order valence-corrected chi connectivity index (χ1v) is 9.65. The molecular weight excluding hydrogens is 351 g/mol. The molecule has 0 radical (unpaired) electrons. The van der Waals surface area contributed by atoms with Gasteiger partial charge in [-0.3, -0.25) is 0 Å². The van der Waals surface area contributed by atoms with Crippen LogP contribution >= 0.6 is 22.6 Å². The van der Waals surface area contributed by atoms with Crippen molar-refractivity contribution in [3.63, 3.8) is 0 Å². The Labute approximate surface area is 134 Å². The summed E-state index contributed by atoms with van der Waals surface area (Å²) in [5.74, 6) is 0. The van der Waals surface area contributed by atoms with E-state index in [4.69, 9.17) is 9.47 Å². The van der Waals surface area contributed by atoms with Crippen LogP contribution in [-0.2, 0) is 9.47 Å². The number of unbranched alkanes of at least 4 members (excludes halogenated alkanes) is 9. The van der Waals surface area contributed by atoms with Crippen molar-refractivity contribution in [3.8, 4) is 0 Å². The van der Waals surface area contributed by atoms with E-state index < -0.39 is 0 Å². The monoisotopic (exact) mass is 384 g/mol. The van der Waals surface area contributed by atoms with Crippen LogP contribution in [-0.4, -0.2) is 30.9 Å². The largest absolute Gasteiger partial charge is 0.379 e. The van der Waals surface area contributed by atoms with Gasteiger partial charge < -0.3 is 9.47 Å². The maximum atomic E-state index is 5.52. The fourth-order valence-electron chi connectivity index (χ4n) is 2.07. The highest BCUT2D eigenvalue weighted by atomic mass is 127. The van der Waals surface area contributed by atoms with Crippen LogP contribution < -0.4 is 0 Å². The van der Waals surface area contributed by atoms with Crippen molar-refractivity contribution in [2.75, 3.05) is 30.9 Å². The van der Waals surface area contributed by atoms with Gasteiger partial charge in [0.2, 0.25) is 0 Å². The highest BCUT2D eigenvalue weighted by Crippen LogP contribution is 2.10. The zero-order valence-electron chi connectivity index (χ0n) is 12.8. The molecule has 3 heteroatoms. The van der Waals surface area contributed by atoms with Gasteiger partial charge in [0, 0.05) is 11.0 Å². The lowest BCUT2D eigenvalue weighted by Crippen LogP contribution is -2.06. The van der Waals surface area contributed by atoms with Gasteiger partial charge in [0.1, 0.15) is 0 Å². The third kappa shape index (κ3) is 18.6. The summed E-state index contributed by atoms with van der Waals surface area (Å²) in [6.45, 7) is 5.54. The minimum Gasteiger partial charge on any atom is -0.379 e. The lowest BCUT2D eigenvalue weighted by atomic mass is 10.1. The highest BCUT2D eigenvalue weighted by molar-refractivity contribution is 14.1. The summed E-state index contributed by atoms with van der Waals surface area (Å²) in [6.07, 6.45) is 13.8. The predicted molar refractivity (Wildman–Crippen MR) is 92.4 cm³/mol. The minimum atomic E-state index is 0.751. The minimum absolute atomic E-state index is 0.751. The van der Waals surface area contributed by atoms with Gasteiger partial charge in [-0.2, -0.15) is 0 Å². The molecule has 2 nitrogen and oxygen atoms in total. The van der Waals surface area contributed by atoms with Crippen LogP contribution in [0.15, 0.2) is 0 Å². The molecule has 19 heavy (non-hydrogen) atoms. The lowest BCUT2D eigenvalue weighted by molar-refractivity contribution is 0.0527. The molecule has 0 aliphatic heterocycles. The second-order valence-electron chi connectivity index (χ2n) is 5.10. The quantitative estimate of drug-likeness (QED) is 0.202. The van der Waals surface area contributed by atoms with Gasteiger partial charge in [-0.05, 0) is 6.42 Å². The second-order valence-corrected chi connectivity index (χ2v) is 6.17. The van der Waals surface area contributed by atoms with Gasteiger partial charge in [-0.1, -0.05) is 87.3 Å². The molecule has 116 valence electrons. The molecule has 0 unspecified atom stereocenters. The summed E-state index contributed by atoms with van der Waals surface area (Å²) in [4.78, 5) is 0. The number of alkyl halides is 1. The molecule has 0 atom stereocenters. The summed E-state index contributed by atoms with van der Waals surface area (Å²) in [6, 6.07) is 0. The van der Waals surface area contributed by atoms with Gasteiger partial charge in [0.05, 0.1) is 19.8 Å². The van der Waals surface area contributed by atoms with Gasteiger partial charge in [0.15, 0.2) is 0 Å². The molecule has 0 saturated carbocycles. The van der Waals surface area contributed by atoms with E-state index in [9.17, 15) is 0 Å². The molecule has 0 bridgehead atoms. The molecule has 0 aliphatic rings. The van der Waals surface area contributed by atoms with Crippen LogP contribution in [0.5, 0.6) is 0 Å². The molecule has 0 N–H and O–H groups in total. The number of hydrogen-bond donors (Lipinski definition) is 0. The first-order valence-electron chi connectivity index (χ1n) is 8.13. The van der Waals surface area contributed by atoms with Crippen LogP contribution in [0.4, 0.5) is 0 Å². The molecule has 0 saturated heterocycles. The number of ether oxygens (including phenoxy) is 2. The van der Waals surface area contributed by atoms with Crippen molar-refractivity contribution < 1.29 is 9.47 Å². The smallest absolute Gasteiger partial charge is 0.0700 e. The van der Waals surface area contributed by atoms with Crippen molar-refractivity contribution in [3.05, 3.63) is 0 Å². The first kappa shape index (κ1) is 19.7. The Morgan fingerprint density at radius 1 is 0.579 bits per heavy atom. The first-order chi connectivity index (χ1) is 9.41. The third-order valence-electron chi connectivity index (χ3n) is 3.24. The highest BCUT2D eigenvalue weighted by Gasteiger charge is 1.93. The van der Waals surface area contributed by atoms with Gasteiger partial charge in [-0.15, -0.1) is 0 Å². The zero-order chi connectivity index (χ0) is 14.0. The van der Waals surface area contributed by atoms with Crippen LogP contribution in [0.2, 0.25) is 0 Å². The van der Waals surface area contributed by atoms with Gasteiger partial charge >= 0.3 is 0 Å². The van der Waals surface area contributed by atoms with Crippen molar-refractivity contribution in [1.82, 2.24) is 0 Å². The Morgan fingerprint density at radius 2 is 1.05 bits per heavy atom. The Morgan fingerprint density at radius 3 is 1.58 bits per heavy atom. The SMILES string of the molecule is CCCCCCCCCCCCOCCOCCI. The molecule has 0 aromatic rings. The number of hydrogen-bond acceptors (Lipinski definition) is 2. The van der Waals surface area contributed by atoms with E-state index in [0.717, 1.165) is 30.9 Å². The van der Waals surface area contributed by atoms with Crippen molar-refractivity contribution >= 4 is 22.6 Å². The fourth-order valence-corrected chi connectivity index (χ4v) is 2.38. The summed E-state index contributed by atoms with van der Waals surface area (Å²) in [5.41, 5.74) is 0. The Balaban J connectivity index is 2.88. The zero-order valence-corrected chi connectivity index (χ0v) is 15.0. The van der Waals surface area contributed by atoms with Crippen molar-refractivity contribution in [1.29, 1.82) is 0 Å². The van der Waals surface area contributed by atoms with Gasteiger partial charge in [-0.25, -0.2) is 0 Å². The maximum Gasteiger partial charge on any atom is 0.0700 e. The van der Waals surface area contributed by atoms with Gasteiger partial charge in [0.25, 0.3) is 0 Å². The molecule has 0 amide bonds. The average molecular weight is 384 g/mol. The fraction of sp³-hybridized carbons (Fsp3) is 1.00. The Bertz CT molecular complexity index is 138. The molecule has 0 aromatic carbocycles. The number of halogens is 1. The van der Waals surface area contributed by atoms with E-state index in [1.165, 1.54) is 64.2 Å². The maximum absolute atomic E-state index is 5.52. The predicted octanol–water partition coefficient (Wildman–Crippen LogP) is 5.38. The molecule has 0 aromatic heterocycles. The average Bonchev–Trinajstić information content (AvgIpc) is 2.43. The van der Waals surface area contributed by atoms with E-state index in [-0.39, 0.29) is 0 Å². The van der Waals surface area contributed by atoms with Crippen LogP contribution in [0.25, 0.3) is 0 Å². The van der Waals surface area contributed by atoms with Crippen LogP contribution in [0.1, 0.15) is 71.1 Å². The van der Waals surface area contributed by atoms with E-state index in [0.29, 0.717) is 0 Å². The molecule has 0 fully saturated rings. The molecule has 0 heterocycles. The Kier molecular flexibility index (Phi) is 19.3. The van der Waals surface area contributed by atoms with Crippen LogP contribution in [0.3, 0.4) is 0 Å². The summed E-state index contributed by atoms with van der Waals surface area (Å²) in [5, 5.41) is 0. The van der Waals surface area contributed by atoms with E-state index in [2.05, 4.69) is 29.5 Å². The molecule has 0 spiro atoms. The standard InChI is InChI=1S/C16H33IO2/c1-2-3-4-5-6-7-8-9-10-11-13-18-15-16-19-14-12-17/h2-16H2,1H3. The van der Waals surface area contributed by atoms with Crippen LogP contribution in [0, 0.1) is 0 Å². The summed E-state index contributed by atoms with van der Waals surface area (Å²) >= 11 is 2.32. The van der Waals surface area contributed by atoms with Crippen molar-refractivity contribution in [2.45, 2.75) is 71.1 Å². The topological polar surface area (TPSA) is 18.5 Å². The lowest BCUT2D eigenvalue weighted by Gasteiger charge is -2.05.